The quantitative estimate of drug-likeness (QED) is 0.790. The van der Waals surface area contributed by atoms with Crippen LogP contribution in [0.2, 0.25) is 0 Å². The minimum Gasteiger partial charge on any atom is -0.339 e. The standard InChI is InChI=1S/C20H28N2O4S/c1-14(2)22-20(24)17-12-11-15(13-18(17)27(22,25)26)19(23)21(3)16-9-7-5-4-6-8-10-16/h11-14,16H,4-10H2,1-3H3. The minimum atomic E-state index is -3.90. The Morgan fingerprint density at radius 2 is 1.70 bits per heavy atom. The maximum Gasteiger partial charge on any atom is 0.269 e. The van der Waals surface area contributed by atoms with E-state index >= 15 is 0 Å². The monoisotopic (exact) mass is 392 g/mol. The lowest BCUT2D eigenvalue weighted by molar-refractivity contribution is 0.0705. The Morgan fingerprint density at radius 1 is 1.11 bits per heavy atom. The van der Waals surface area contributed by atoms with Gasteiger partial charge in [0.1, 0.15) is 4.90 Å². The predicted molar refractivity (Wildman–Crippen MR) is 103 cm³/mol. The summed E-state index contributed by atoms with van der Waals surface area (Å²) in [5.41, 5.74) is 0.467. The summed E-state index contributed by atoms with van der Waals surface area (Å²) in [6.45, 7) is 3.33. The molecule has 0 radical (unpaired) electrons. The molecule has 2 amide bonds. The summed E-state index contributed by atoms with van der Waals surface area (Å²) in [6.07, 6.45) is 7.83. The third kappa shape index (κ3) is 3.61. The number of amides is 2. The van der Waals surface area contributed by atoms with Crippen molar-refractivity contribution in [3.05, 3.63) is 29.3 Å². The first-order valence-corrected chi connectivity index (χ1v) is 11.2. The number of carbonyl (C=O) groups excluding carboxylic acids is 2. The lowest BCUT2D eigenvalue weighted by atomic mass is 9.95. The van der Waals surface area contributed by atoms with E-state index in [9.17, 15) is 18.0 Å². The molecule has 1 aromatic carbocycles. The maximum atomic E-state index is 13.0. The van der Waals surface area contributed by atoms with Gasteiger partial charge in [0.05, 0.1) is 5.56 Å². The Kier molecular flexibility index (Phi) is 5.60. The van der Waals surface area contributed by atoms with Gasteiger partial charge in [-0.2, -0.15) is 0 Å². The van der Waals surface area contributed by atoms with Gasteiger partial charge in [0.25, 0.3) is 21.8 Å². The normalized spacial score (nSPS) is 20.3. The molecule has 0 spiro atoms. The lowest BCUT2D eigenvalue weighted by Crippen LogP contribution is -2.37. The highest BCUT2D eigenvalue weighted by Gasteiger charge is 2.43. The summed E-state index contributed by atoms with van der Waals surface area (Å²) in [4.78, 5) is 27.1. The molecule has 1 aliphatic carbocycles. The number of nitrogens with zero attached hydrogens (tertiary/aromatic N) is 2. The van der Waals surface area contributed by atoms with Crippen molar-refractivity contribution in [2.75, 3.05) is 7.05 Å². The molecule has 0 saturated heterocycles. The van der Waals surface area contributed by atoms with Gasteiger partial charge in [0.15, 0.2) is 0 Å². The van der Waals surface area contributed by atoms with E-state index in [4.69, 9.17) is 0 Å². The van der Waals surface area contributed by atoms with Gasteiger partial charge in [0.2, 0.25) is 0 Å². The second-order valence-electron chi connectivity index (χ2n) is 7.83. The van der Waals surface area contributed by atoms with Gasteiger partial charge in [0, 0.05) is 24.7 Å². The second kappa shape index (κ2) is 7.62. The largest absolute Gasteiger partial charge is 0.339 e. The summed E-state index contributed by atoms with van der Waals surface area (Å²) >= 11 is 0. The number of rotatable bonds is 3. The molecular formula is C20H28N2O4S. The summed E-state index contributed by atoms with van der Waals surface area (Å²) in [7, 11) is -2.11. The zero-order valence-corrected chi connectivity index (χ0v) is 17.1. The van der Waals surface area contributed by atoms with E-state index in [1.54, 1.807) is 31.9 Å². The van der Waals surface area contributed by atoms with Crippen molar-refractivity contribution >= 4 is 21.8 Å². The molecule has 1 aliphatic heterocycles. The average Bonchev–Trinajstić information content (AvgIpc) is 2.79. The summed E-state index contributed by atoms with van der Waals surface area (Å²) in [5, 5.41) is 0. The van der Waals surface area contributed by atoms with Gasteiger partial charge >= 0.3 is 0 Å². The third-order valence-electron chi connectivity index (χ3n) is 5.61. The SMILES string of the molecule is CC(C)N1C(=O)c2ccc(C(=O)N(C)C3CCCCCCC3)cc2S1(=O)=O. The topological polar surface area (TPSA) is 74.8 Å². The molecule has 148 valence electrons. The Labute approximate surface area is 161 Å². The molecule has 7 heteroatoms. The molecule has 27 heavy (non-hydrogen) atoms. The summed E-state index contributed by atoms with van der Waals surface area (Å²) in [6, 6.07) is 4.12. The fraction of sp³-hybridized carbons (Fsp3) is 0.600. The first-order chi connectivity index (χ1) is 12.7. The molecular weight excluding hydrogens is 364 g/mol. The molecule has 1 aromatic rings. The third-order valence-corrected chi connectivity index (χ3v) is 7.61. The van der Waals surface area contributed by atoms with Crippen LogP contribution in [-0.2, 0) is 10.0 Å². The number of benzene rings is 1. The lowest BCUT2D eigenvalue weighted by Gasteiger charge is -2.30. The maximum absolute atomic E-state index is 13.0. The average molecular weight is 393 g/mol. The van der Waals surface area contributed by atoms with Crippen LogP contribution in [0.1, 0.15) is 79.5 Å². The summed E-state index contributed by atoms with van der Waals surface area (Å²) < 4.78 is 26.4. The molecule has 0 unspecified atom stereocenters. The minimum absolute atomic E-state index is 0.0573. The first-order valence-electron chi connectivity index (χ1n) is 9.75. The van der Waals surface area contributed by atoms with E-state index in [0.29, 0.717) is 5.56 Å². The van der Waals surface area contributed by atoms with E-state index in [1.807, 2.05) is 0 Å². The Balaban J connectivity index is 1.88. The molecule has 1 heterocycles. The van der Waals surface area contributed by atoms with Crippen LogP contribution in [0.5, 0.6) is 0 Å². The van der Waals surface area contributed by atoms with Crippen molar-refractivity contribution in [1.82, 2.24) is 9.21 Å². The Morgan fingerprint density at radius 3 is 2.30 bits per heavy atom. The fourth-order valence-corrected chi connectivity index (χ4v) is 5.88. The predicted octanol–water partition coefficient (Wildman–Crippen LogP) is 3.42. The number of hydrogen-bond donors (Lipinski definition) is 0. The van der Waals surface area contributed by atoms with Crippen molar-refractivity contribution < 1.29 is 18.0 Å². The molecule has 3 rings (SSSR count). The number of sulfonamides is 1. The van der Waals surface area contributed by atoms with E-state index in [1.165, 1.54) is 31.4 Å². The van der Waals surface area contributed by atoms with Crippen molar-refractivity contribution in [3.8, 4) is 0 Å². The van der Waals surface area contributed by atoms with Crippen molar-refractivity contribution in [2.45, 2.75) is 75.8 Å². The van der Waals surface area contributed by atoms with Crippen LogP contribution in [-0.4, -0.2) is 48.6 Å². The second-order valence-corrected chi connectivity index (χ2v) is 9.61. The zero-order valence-electron chi connectivity index (χ0n) is 16.3. The molecule has 6 nitrogen and oxygen atoms in total. The van der Waals surface area contributed by atoms with Crippen LogP contribution in [0.3, 0.4) is 0 Å². The molecule has 1 fully saturated rings. The van der Waals surface area contributed by atoms with Gasteiger partial charge in [-0.25, -0.2) is 12.7 Å². The van der Waals surface area contributed by atoms with Gasteiger partial charge in [-0.1, -0.05) is 32.1 Å². The van der Waals surface area contributed by atoms with Gasteiger partial charge < -0.3 is 4.90 Å². The highest BCUT2D eigenvalue weighted by atomic mass is 32.2. The number of fused-ring (bicyclic) bond motifs is 1. The van der Waals surface area contributed by atoms with Crippen LogP contribution >= 0.6 is 0 Å². The highest BCUT2D eigenvalue weighted by molar-refractivity contribution is 7.90. The van der Waals surface area contributed by atoms with Crippen LogP contribution in [0, 0.1) is 0 Å². The number of carbonyl (C=O) groups is 2. The van der Waals surface area contributed by atoms with E-state index in [-0.39, 0.29) is 22.4 Å². The van der Waals surface area contributed by atoms with Crippen LogP contribution in [0.4, 0.5) is 0 Å². The van der Waals surface area contributed by atoms with Crippen LogP contribution < -0.4 is 0 Å². The molecule has 0 bridgehead atoms. The van der Waals surface area contributed by atoms with Crippen molar-refractivity contribution in [1.29, 1.82) is 0 Å². The van der Waals surface area contributed by atoms with Crippen molar-refractivity contribution in [3.63, 3.8) is 0 Å². The van der Waals surface area contributed by atoms with Gasteiger partial charge in [-0.3, -0.25) is 9.59 Å². The molecule has 2 aliphatic rings. The molecule has 0 atom stereocenters. The van der Waals surface area contributed by atoms with Crippen LogP contribution in [0.25, 0.3) is 0 Å². The summed E-state index contributed by atoms with van der Waals surface area (Å²) in [5.74, 6) is -0.707. The molecule has 1 saturated carbocycles. The molecule has 0 N–H and O–H groups in total. The first kappa shape index (κ1) is 19.9. The van der Waals surface area contributed by atoms with Crippen molar-refractivity contribution in [2.24, 2.45) is 0 Å². The smallest absolute Gasteiger partial charge is 0.269 e. The Bertz CT molecular complexity index is 840. The van der Waals surface area contributed by atoms with E-state index in [0.717, 1.165) is 30.0 Å². The van der Waals surface area contributed by atoms with E-state index < -0.39 is 22.0 Å². The van der Waals surface area contributed by atoms with Gasteiger partial charge in [-0.05, 0) is 44.9 Å². The van der Waals surface area contributed by atoms with Crippen LogP contribution in [0.15, 0.2) is 23.1 Å². The fourth-order valence-electron chi connectivity index (χ4n) is 4.08. The number of hydrogen-bond acceptors (Lipinski definition) is 4. The highest BCUT2D eigenvalue weighted by Crippen LogP contribution is 2.33. The zero-order chi connectivity index (χ0) is 19.8. The van der Waals surface area contributed by atoms with Gasteiger partial charge in [-0.15, -0.1) is 0 Å². The molecule has 0 aromatic heterocycles. The Hall–Kier alpha value is -1.89. The van der Waals surface area contributed by atoms with E-state index in [2.05, 4.69) is 0 Å².